The minimum atomic E-state index is -1.97. The number of hydrogen-bond acceptors (Lipinski definition) is 4. The molecule has 8 heteroatoms. The Morgan fingerprint density at radius 3 is 1.79 bits per heavy atom. The topological polar surface area (TPSA) is 52.6 Å². The van der Waals surface area contributed by atoms with Crippen LogP contribution in [0.2, 0.25) is 10.0 Å². The van der Waals surface area contributed by atoms with E-state index in [4.69, 9.17) is 32.7 Å². The fourth-order valence-electron chi connectivity index (χ4n) is 5.30. The van der Waals surface area contributed by atoms with Crippen LogP contribution in [0.25, 0.3) is 22.3 Å². The van der Waals surface area contributed by atoms with E-state index in [-0.39, 0.29) is 0 Å². The second-order valence-corrected chi connectivity index (χ2v) is 14.7. The summed E-state index contributed by atoms with van der Waals surface area (Å²) in [5.74, 6) is 1.28. The predicted molar refractivity (Wildman–Crippen MR) is 201 cm³/mol. The Hall–Kier alpha value is -4.56. The first kappa shape index (κ1) is 33.3. The Labute approximate surface area is 292 Å². The number of halogens is 2. The Morgan fingerprint density at radius 2 is 1.04 bits per heavy atom. The van der Waals surface area contributed by atoms with Crippen LogP contribution in [0.5, 0.6) is 11.5 Å². The zero-order valence-corrected chi connectivity index (χ0v) is 29.0. The standard InChI is InChI=1S/C40H30Cl2O4P2/c41-29-14-12-17-31(28-29)48(44)39-25-13-21-35(42)40(39)34-20-5-4-18-32(34)33-19-6-7-22-36(33)45-26-10-11-27-46-37-23-8-9-24-38(37)47(43)30-15-2-1-3-16-30/h1-25,28H,26-27H2/q+2. The molecule has 0 radical (unpaired) electrons. The number of para-hydroxylation sites is 2. The van der Waals surface area contributed by atoms with Gasteiger partial charge in [0.1, 0.15) is 19.0 Å². The highest BCUT2D eigenvalue weighted by atomic mass is 35.5. The fourth-order valence-corrected chi connectivity index (χ4v) is 8.61. The maximum Gasteiger partial charge on any atom is 0.419 e. The van der Waals surface area contributed by atoms with Crippen LogP contribution >= 0.6 is 38.8 Å². The normalized spacial score (nSPS) is 11.7. The van der Waals surface area contributed by atoms with E-state index < -0.39 is 15.6 Å². The zero-order valence-electron chi connectivity index (χ0n) is 25.7. The van der Waals surface area contributed by atoms with Crippen molar-refractivity contribution in [3.63, 3.8) is 0 Å². The van der Waals surface area contributed by atoms with Crippen LogP contribution in [-0.2, 0) is 9.13 Å². The third kappa shape index (κ3) is 7.76. The smallest absolute Gasteiger partial charge is 0.419 e. The monoisotopic (exact) mass is 706 g/mol. The molecule has 6 rings (SSSR count). The lowest BCUT2D eigenvalue weighted by Crippen LogP contribution is -2.10. The average molecular weight is 708 g/mol. The van der Waals surface area contributed by atoms with E-state index in [1.165, 1.54) is 0 Å². The molecule has 0 bridgehead atoms. The van der Waals surface area contributed by atoms with Gasteiger partial charge in [-0.2, -0.15) is 0 Å². The van der Waals surface area contributed by atoms with Crippen molar-refractivity contribution < 1.29 is 18.6 Å². The molecule has 2 unspecified atom stereocenters. The summed E-state index contributed by atoms with van der Waals surface area (Å²) in [6.07, 6.45) is 3.77. The van der Waals surface area contributed by atoms with Crippen LogP contribution in [-0.4, -0.2) is 13.2 Å². The first-order chi connectivity index (χ1) is 23.5. The molecule has 0 aromatic heterocycles. The lowest BCUT2D eigenvalue weighted by Gasteiger charge is -2.15. The molecule has 48 heavy (non-hydrogen) atoms. The van der Waals surface area contributed by atoms with Crippen LogP contribution in [0.4, 0.5) is 0 Å². The lowest BCUT2D eigenvalue weighted by molar-refractivity contribution is 0.352. The Morgan fingerprint density at radius 1 is 0.500 bits per heavy atom. The van der Waals surface area contributed by atoms with Crippen molar-refractivity contribution in [3.8, 4) is 33.8 Å². The van der Waals surface area contributed by atoms with E-state index in [1.807, 2.05) is 140 Å². The highest BCUT2D eigenvalue weighted by Crippen LogP contribution is 2.41. The van der Waals surface area contributed by atoms with E-state index in [1.54, 1.807) is 18.2 Å². The molecule has 6 aromatic rings. The Bertz CT molecular complexity index is 2110. The molecule has 0 heterocycles. The summed E-state index contributed by atoms with van der Waals surface area (Å²) in [6.45, 7) is 0.601. The van der Waals surface area contributed by atoms with Gasteiger partial charge in [0.15, 0.2) is 16.4 Å². The van der Waals surface area contributed by atoms with Crippen LogP contribution in [0, 0.1) is 0 Å². The summed E-state index contributed by atoms with van der Waals surface area (Å²) >= 11 is 13.1. The van der Waals surface area contributed by atoms with Crippen LogP contribution in [0.15, 0.2) is 158 Å². The minimum Gasteiger partial charge on any atom is -0.489 e. The molecule has 0 saturated carbocycles. The van der Waals surface area contributed by atoms with Gasteiger partial charge in [-0.25, -0.2) is 0 Å². The van der Waals surface area contributed by atoms with Crippen molar-refractivity contribution in [1.82, 2.24) is 0 Å². The van der Waals surface area contributed by atoms with Crippen molar-refractivity contribution in [3.05, 3.63) is 168 Å². The summed E-state index contributed by atoms with van der Waals surface area (Å²) in [7, 11) is -3.74. The molecular weight excluding hydrogens is 677 g/mol. The number of benzene rings is 6. The van der Waals surface area contributed by atoms with Crippen molar-refractivity contribution in [2.45, 2.75) is 0 Å². The lowest BCUT2D eigenvalue weighted by atomic mass is 9.94. The molecule has 0 aliphatic heterocycles. The molecule has 0 amide bonds. The number of rotatable bonds is 12. The van der Waals surface area contributed by atoms with Gasteiger partial charge < -0.3 is 9.47 Å². The summed E-state index contributed by atoms with van der Waals surface area (Å²) in [5, 5.41) is 3.70. The second kappa shape index (κ2) is 16.0. The van der Waals surface area contributed by atoms with Gasteiger partial charge in [0.25, 0.3) is 0 Å². The van der Waals surface area contributed by atoms with E-state index in [2.05, 4.69) is 0 Å². The first-order valence-corrected chi connectivity index (χ1v) is 18.5. The van der Waals surface area contributed by atoms with Gasteiger partial charge >= 0.3 is 15.6 Å². The third-order valence-electron chi connectivity index (χ3n) is 7.54. The molecule has 0 saturated heterocycles. The molecule has 2 atom stereocenters. The molecule has 0 fully saturated rings. The van der Waals surface area contributed by atoms with E-state index >= 15 is 0 Å². The highest BCUT2D eigenvalue weighted by Gasteiger charge is 2.31. The number of hydrogen-bond donors (Lipinski definition) is 0. The third-order valence-corrected chi connectivity index (χ3v) is 11.2. The second-order valence-electron chi connectivity index (χ2n) is 10.6. The van der Waals surface area contributed by atoms with Crippen molar-refractivity contribution >= 4 is 60.0 Å². The van der Waals surface area contributed by atoms with Gasteiger partial charge in [-0.15, -0.1) is 0 Å². The highest BCUT2D eigenvalue weighted by molar-refractivity contribution is 7.62. The largest absolute Gasteiger partial charge is 0.489 e. The van der Waals surface area contributed by atoms with E-state index in [0.717, 1.165) is 22.0 Å². The van der Waals surface area contributed by atoms with Crippen molar-refractivity contribution in [1.29, 1.82) is 0 Å². The molecule has 236 valence electrons. The van der Waals surface area contributed by atoms with Crippen LogP contribution in [0.1, 0.15) is 0 Å². The molecule has 6 aromatic carbocycles. The maximum absolute atomic E-state index is 13.9. The fraction of sp³-hybridized carbons (Fsp3) is 0.0500. The SMILES string of the molecule is O=[P+](c1ccccc1)c1ccccc1OCC=CCOc1ccccc1-c1ccccc1-c1c(Cl)cccc1[P+](=O)c1cccc(Cl)c1. The molecule has 4 nitrogen and oxygen atoms in total. The summed E-state index contributed by atoms with van der Waals surface area (Å²) in [4.78, 5) is 0. The molecule has 0 spiro atoms. The Kier molecular flexibility index (Phi) is 11.1. The van der Waals surface area contributed by atoms with Crippen LogP contribution in [0.3, 0.4) is 0 Å². The predicted octanol–water partition coefficient (Wildman–Crippen LogP) is 9.90. The van der Waals surface area contributed by atoms with Crippen molar-refractivity contribution in [2.24, 2.45) is 0 Å². The van der Waals surface area contributed by atoms with Crippen molar-refractivity contribution in [2.75, 3.05) is 13.2 Å². The molecule has 0 aliphatic rings. The van der Waals surface area contributed by atoms with Gasteiger partial charge in [-0.3, -0.25) is 0 Å². The summed E-state index contributed by atoms with van der Waals surface area (Å²) in [5.41, 5.74) is 3.32. The minimum absolute atomic E-state index is 0.295. The van der Waals surface area contributed by atoms with Gasteiger partial charge in [0.2, 0.25) is 10.6 Å². The number of ether oxygens (including phenoxy) is 2. The summed E-state index contributed by atoms with van der Waals surface area (Å²) < 4.78 is 39.3. The summed E-state index contributed by atoms with van der Waals surface area (Å²) in [6, 6.07) is 45.1. The van der Waals surface area contributed by atoms with Gasteiger partial charge in [-0.05, 0) is 77.9 Å². The first-order valence-electron chi connectivity index (χ1n) is 15.2. The Balaban J connectivity index is 1.20. The van der Waals surface area contributed by atoms with Crippen LogP contribution < -0.4 is 30.7 Å². The average Bonchev–Trinajstić information content (AvgIpc) is 3.13. The van der Waals surface area contributed by atoms with Gasteiger partial charge in [-0.1, -0.05) is 117 Å². The molecular formula is C40H30Cl2O4P2+2. The van der Waals surface area contributed by atoms with E-state index in [0.29, 0.717) is 56.2 Å². The van der Waals surface area contributed by atoms with Gasteiger partial charge in [0, 0.05) is 16.7 Å². The molecule has 0 aliphatic carbocycles. The van der Waals surface area contributed by atoms with Gasteiger partial charge in [0.05, 0.1) is 10.6 Å². The zero-order chi connectivity index (χ0) is 33.3. The van der Waals surface area contributed by atoms with E-state index in [9.17, 15) is 9.13 Å². The quantitative estimate of drug-likeness (QED) is 0.0939. The molecule has 0 N–H and O–H groups in total. The maximum atomic E-state index is 13.9.